The van der Waals surface area contributed by atoms with Crippen molar-refractivity contribution in [2.24, 2.45) is 5.92 Å². The molecule has 0 unspecified atom stereocenters. The number of rotatable bonds is 7. The maximum absolute atomic E-state index is 13.3. The average molecular weight is 571 g/mol. The molecule has 5 rings (SSSR count). The lowest BCUT2D eigenvalue weighted by atomic mass is 9.85. The van der Waals surface area contributed by atoms with Gasteiger partial charge in [-0.1, -0.05) is 38.2 Å². The van der Waals surface area contributed by atoms with Crippen molar-refractivity contribution in [3.05, 3.63) is 41.3 Å². The van der Waals surface area contributed by atoms with Crippen molar-refractivity contribution in [2.45, 2.75) is 88.6 Å². The first-order valence-corrected chi connectivity index (χ1v) is 16.2. The lowest BCUT2D eigenvalue weighted by Crippen LogP contribution is -2.40. The summed E-state index contributed by atoms with van der Waals surface area (Å²) in [6, 6.07) is 5.45. The van der Waals surface area contributed by atoms with Crippen LogP contribution in [0.25, 0.3) is 21.2 Å². The summed E-state index contributed by atoms with van der Waals surface area (Å²) in [4.78, 5) is 23.6. The highest BCUT2D eigenvalue weighted by atomic mass is 32.2. The van der Waals surface area contributed by atoms with E-state index < -0.39 is 15.6 Å². The van der Waals surface area contributed by atoms with Gasteiger partial charge in [0.05, 0.1) is 15.5 Å². The van der Waals surface area contributed by atoms with Gasteiger partial charge >= 0.3 is 0 Å². The molecule has 2 fully saturated rings. The number of pyridine rings is 1. The van der Waals surface area contributed by atoms with Crippen molar-refractivity contribution in [1.29, 1.82) is 0 Å². The second kappa shape index (κ2) is 11.6. The number of aromatic nitrogens is 2. The lowest BCUT2D eigenvalue weighted by Gasteiger charge is -2.22. The summed E-state index contributed by atoms with van der Waals surface area (Å²) in [5, 5.41) is 4.94. The number of fused-ring (bicyclic) bond motifs is 1. The zero-order valence-corrected chi connectivity index (χ0v) is 24.6. The van der Waals surface area contributed by atoms with Crippen LogP contribution in [0.5, 0.6) is 0 Å². The molecule has 8 nitrogen and oxygen atoms in total. The maximum atomic E-state index is 13.3. The number of ether oxygens (including phenoxy) is 1. The van der Waals surface area contributed by atoms with E-state index in [0.717, 1.165) is 40.8 Å². The minimum atomic E-state index is -3.78. The van der Waals surface area contributed by atoms with Gasteiger partial charge in [0.15, 0.2) is 5.01 Å². The molecule has 1 aromatic carbocycles. The Morgan fingerprint density at radius 2 is 1.79 bits per heavy atom. The van der Waals surface area contributed by atoms with Gasteiger partial charge in [-0.15, -0.1) is 11.3 Å². The molecule has 1 saturated carbocycles. The molecule has 1 aliphatic heterocycles. The van der Waals surface area contributed by atoms with Gasteiger partial charge in [-0.25, -0.2) is 18.1 Å². The Bertz CT molecular complexity index is 1430. The molecule has 3 heterocycles. The minimum absolute atomic E-state index is 0.0899. The molecule has 0 radical (unpaired) electrons. The number of carbonyl (C=O) groups excluding carboxylic acids is 1. The van der Waals surface area contributed by atoms with Gasteiger partial charge in [0, 0.05) is 48.1 Å². The number of thiazole rings is 1. The van der Waals surface area contributed by atoms with Gasteiger partial charge in [0.25, 0.3) is 5.91 Å². The van der Waals surface area contributed by atoms with Gasteiger partial charge < -0.3 is 10.1 Å². The molecule has 2 aromatic heterocycles. The molecule has 0 spiro atoms. The summed E-state index contributed by atoms with van der Waals surface area (Å²) in [5.41, 5.74) is 1.19. The zero-order chi connectivity index (χ0) is 27.6. The number of hydrogen-bond donors (Lipinski definition) is 2. The number of hydrogen-bond acceptors (Lipinski definition) is 7. The van der Waals surface area contributed by atoms with E-state index in [1.807, 2.05) is 32.9 Å². The minimum Gasteiger partial charge on any atom is -0.381 e. The first-order chi connectivity index (χ1) is 18.6. The zero-order valence-electron chi connectivity index (χ0n) is 23.0. The van der Waals surface area contributed by atoms with Crippen LogP contribution in [0.1, 0.15) is 81.2 Å². The van der Waals surface area contributed by atoms with Crippen LogP contribution in [0.2, 0.25) is 0 Å². The van der Waals surface area contributed by atoms with E-state index in [4.69, 9.17) is 9.72 Å². The van der Waals surface area contributed by atoms with Crippen LogP contribution in [-0.4, -0.2) is 49.1 Å². The van der Waals surface area contributed by atoms with E-state index >= 15 is 0 Å². The molecule has 2 N–H and O–H groups in total. The molecular weight excluding hydrogens is 532 g/mol. The molecule has 10 heteroatoms. The molecule has 0 atom stereocenters. The number of nitrogens with zero attached hydrogens (tertiary/aromatic N) is 2. The smallest absolute Gasteiger partial charge is 0.280 e. The SMILES string of the molecule is CC(C)(C)NS(=O)(=O)c1ccc(-c2sc(C(=O)NC3CCOCC3)nc2CC2CCCCC2)c2ccncc12. The Morgan fingerprint density at radius 3 is 2.51 bits per heavy atom. The number of sulfonamides is 1. The number of amides is 1. The Morgan fingerprint density at radius 1 is 1.05 bits per heavy atom. The highest BCUT2D eigenvalue weighted by Gasteiger charge is 2.28. The molecule has 210 valence electrons. The van der Waals surface area contributed by atoms with Crippen LogP contribution >= 0.6 is 11.3 Å². The molecule has 1 amide bonds. The summed E-state index contributed by atoms with van der Waals surface area (Å²) in [7, 11) is -3.78. The van der Waals surface area contributed by atoms with Crippen molar-refractivity contribution in [3.8, 4) is 10.4 Å². The molecule has 2 aliphatic rings. The van der Waals surface area contributed by atoms with E-state index in [1.54, 1.807) is 18.5 Å². The van der Waals surface area contributed by atoms with E-state index in [0.29, 0.717) is 29.5 Å². The Balaban J connectivity index is 1.56. The van der Waals surface area contributed by atoms with Gasteiger partial charge in [-0.2, -0.15) is 0 Å². The van der Waals surface area contributed by atoms with Crippen LogP contribution < -0.4 is 10.0 Å². The van der Waals surface area contributed by atoms with Crippen molar-refractivity contribution in [1.82, 2.24) is 20.0 Å². The van der Waals surface area contributed by atoms with Crippen molar-refractivity contribution < 1.29 is 17.9 Å². The summed E-state index contributed by atoms with van der Waals surface area (Å²) in [6.07, 6.45) is 11.8. The predicted molar refractivity (Wildman–Crippen MR) is 155 cm³/mol. The second-order valence-corrected chi connectivity index (χ2v) is 14.4. The third-order valence-electron chi connectivity index (χ3n) is 7.41. The number of benzene rings is 1. The van der Waals surface area contributed by atoms with Gasteiger partial charge in [-0.05, 0) is 63.5 Å². The quantitative estimate of drug-likeness (QED) is 0.390. The van der Waals surface area contributed by atoms with E-state index in [2.05, 4.69) is 15.0 Å². The molecule has 3 aromatic rings. The summed E-state index contributed by atoms with van der Waals surface area (Å²) >= 11 is 1.40. The van der Waals surface area contributed by atoms with Crippen LogP contribution in [-0.2, 0) is 21.2 Å². The van der Waals surface area contributed by atoms with E-state index in [-0.39, 0.29) is 16.8 Å². The average Bonchev–Trinajstić information content (AvgIpc) is 3.31. The van der Waals surface area contributed by atoms with Crippen LogP contribution in [0, 0.1) is 5.92 Å². The predicted octanol–water partition coefficient (Wildman–Crippen LogP) is 5.47. The number of nitrogens with one attached hydrogen (secondary N) is 2. The fourth-order valence-electron chi connectivity index (χ4n) is 5.61. The van der Waals surface area contributed by atoms with Gasteiger partial charge in [0.1, 0.15) is 0 Å². The van der Waals surface area contributed by atoms with Crippen LogP contribution in [0.3, 0.4) is 0 Å². The normalized spacial score (nSPS) is 17.9. The molecule has 1 saturated heterocycles. The van der Waals surface area contributed by atoms with Crippen LogP contribution in [0.15, 0.2) is 35.5 Å². The van der Waals surface area contributed by atoms with Gasteiger partial charge in [0.2, 0.25) is 10.0 Å². The summed E-state index contributed by atoms with van der Waals surface area (Å²) in [5.74, 6) is 0.386. The third-order valence-corrected chi connectivity index (χ3v) is 10.4. The highest BCUT2D eigenvalue weighted by Crippen LogP contribution is 2.40. The molecular formula is C29H38N4O4S2. The molecule has 39 heavy (non-hydrogen) atoms. The Kier molecular flexibility index (Phi) is 8.37. The maximum Gasteiger partial charge on any atom is 0.280 e. The fraction of sp³-hybridized carbons (Fsp3) is 0.552. The summed E-state index contributed by atoms with van der Waals surface area (Å²) in [6.45, 7) is 6.77. The summed E-state index contributed by atoms with van der Waals surface area (Å²) < 4.78 is 34.8. The molecule has 0 bridgehead atoms. The standard InChI is InChI=1S/C29H38N4O4S2/c1-29(2,3)33-39(35,36)25-10-9-22(21-11-14-30-18-23(21)25)26-24(17-19-7-5-4-6-8-19)32-28(38-26)27(34)31-20-12-15-37-16-13-20/h9-11,14,18-20,33H,4-8,12-13,15-17H2,1-3H3,(H,31,34). The Labute approximate surface area is 235 Å². The number of carbonyl (C=O) groups is 1. The highest BCUT2D eigenvalue weighted by molar-refractivity contribution is 7.89. The largest absolute Gasteiger partial charge is 0.381 e. The first-order valence-electron chi connectivity index (χ1n) is 13.9. The van der Waals surface area contributed by atoms with E-state index in [1.165, 1.54) is 43.4 Å². The van der Waals surface area contributed by atoms with Crippen molar-refractivity contribution in [3.63, 3.8) is 0 Å². The van der Waals surface area contributed by atoms with Crippen molar-refractivity contribution >= 4 is 38.0 Å². The van der Waals surface area contributed by atoms with Crippen molar-refractivity contribution in [2.75, 3.05) is 13.2 Å². The van der Waals surface area contributed by atoms with E-state index in [9.17, 15) is 13.2 Å². The Hall–Kier alpha value is -2.40. The topological polar surface area (TPSA) is 110 Å². The lowest BCUT2D eigenvalue weighted by molar-refractivity contribution is 0.0696. The van der Waals surface area contributed by atoms with Crippen LogP contribution in [0.4, 0.5) is 0 Å². The second-order valence-electron chi connectivity index (χ2n) is 11.8. The first kappa shape index (κ1) is 28.1. The third kappa shape index (κ3) is 6.67. The fourth-order valence-corrected chi connectivity index (χ4v) is 8.26. The van der Waals surface area contributed by atoms with Gasteiger partial charge in [-0.3, -0.25) is 9.78 Å². The monoisotopic (exact) mass is 570 g/mol. The molecule has 1 aliphatic carbocycles.